The van der Waals surface area contributed by atoms with Gasteiger partial charge in [-0.1, -0.05) is 29.0 Å². The zero-order valence-electron chi connectivity index (χ0n) is 15.1. The fraction of sp³-hybridized carbons (Fsp3) is 0.316. The molecule has 0 spiro atoms. The van der Waals surface area contributed by atoms with Crippen LogP contribution in [0.4, 0.5) is 4.39 Å². The lowest BCUT2D eigenvalue weighted by molar-refractivity contribution is 0.135. The third-order valence-corrected chi connectivity index (χ3v) is 8.20. The van der Waals surface area contributed by atoms with Crippen LogP contribution < -0.4 is 4.74 Å². The Balaban J connectivity index is 1.44. The van der Waals surface area contributed by atoms with Gasteiger partial charge < -0.3 is 4.74 Å². The van der Waals surface area contributed by atoms with Crippen molar-refractivity contribution in [3.05, 3.63) is 52.8 Å². The van der Waals surface area contributed by atoms with Crippen molar-refractivity contribution in [3.63, 3.8) is 0 Å². The molecular formula is C19H18ClFN2O3S2. The lowest BCUT2D eigenvalue weighted by Gasteiger charge is -2.31. The molecule has 2 heterocycles. The van der Waals surface area contributed by atoms with E-state index in [9.17, 15) is 12.8 Å². The fourth-order valence-corrected chi connectivity index (χ4v) is 6.12. The van der Waals surface area contributed by atoms with Crippen LogP contribution in [-0.4, -0.2) is 36.9 Å². The summed E-state index contributed by atoms with van der Waals surface area (Å²) < 4.78 is 47.4. The molecule has 9 heteroatoms. The van der Waals surface area contributed by atoms with Gasteiger partial charge in [0.05, 0.1) is 15.1 Å². The van der Waals surface area contributed by atoms with Gasteiger partial charge in [0.2, 0.25) is 10.0 Å². The molecule has 0 unspecified atom stereocenters. The zero-order chi connectivity index (χ0) is 19.9. The Morgan fingerprint density at radius 1 is 1.25 bits per heavy atom. The van der Waals surface area contributed by atoms with Crippen molar-refractivity contribution in [2.75, 3.05) is 13.1 Å². The molecule has 0 aliphatic carbocycles. The van der Waals surface area contributed by atoms with Crippen molar-refractivity contribution < 1.29 is 17.5 Å². The molecule has 4 rings (SSSR count). The first-order chi connectivity index (χ1) is 13.3. The quantitative estimate of drug-likeness (QED) is 0.593. The lowest BCUT2D eigenvalue weighted by Crippen LogP contribution is -2.41. The van der Waals surface area contributed by atoms with E-state index in [0.717, 1.165) is 4.70 Å². The van der Waals surface area contributed by atoms with Crippen LogP contribution in [0.25, 0.3) is 10.2 Å². The Kier molecular flexibility index (Phi) is 5.30. The van der Waals surface area contributed by atoms with Gasteiger partial charge in [-0.3, -0.25) is 0 Å². The molecule has 3 aromatic rings. The van der Waals surface area contributed by atoms with Gasteiger partial charge in [-0.05, 0) is 55.7 Å². The number of ether oxygens (including phenoxy) is 1. The Bertz CT molecular complexity index is 1130. The number of hydrogen-bond acceptors (Lipinski definition) is 5. The van der Waals surface area contributed by atoms with E-state index in [1.54, 1.807) is 31.2 Å². The summed E-state index contributed by atoms with van der Waals surface area (Å²) in [5.41, 5.74) is 1.25. The van der Waals surface area contributed by atoms with Crippen LogP contribution in [0, 0.1) is 12.7 Å². The molecular weight excluding hydrogens is 423 g/mol. The van der Waals surface area contributed by atoms with E-state index < -0.39 is 10.0 Å². The highest BCUT2D eigenvalue weighted by atomic mass is 35.5. The molecule has 1 aliphatic heterocycles. The number of fused-ring (bicyclic) bond motifs is 1. The van der Waals surface area contributed by atoms with Gasteiger partial charge in [-0.15, -0.1) is 0 Å². The highest BCUT2D eigenvalue weighted by Gasteiger charge is 2.31. The highest BCUT2D eigenvalue weighted by Crippen LogP contribution is 2.32. The second-order valence-corrected chi connectivity index (χ2v) is 9.98. The molecule has 2 aromatic carbocycles. The van der Waals surface area contributed by atoms with Crippen molar-refractivity contribution in [2.24, 2.45) is 0 Å². The highest BCUT2D eigenvalue weighted by molar-refractivity contribution is 7.89. The lowest BCUT2D eigenvalue weighted by atomic mass is 10.1. The van der Waals surface area contributed by atoms with Crippen molar-refractivity contribution in [1.29, 1.82) is 0 Å². The van der Waals surface area contributed by atoms with E-state index in [1.165, 1.54) is 27.8 Å². The number of nitrogens with zero attached hydrogens (tertiary/aromatic N) is 2. The Morgan fingerprint density at radius 3 is 2.75 bits per heavy atom. The second-order valence-electron chi connectivity index (χ2n) is 6.68. The maximum Gasteiger partial charge on any atom is 0.274 e. The Hall–Kier alpha value is -1.74. The SMILES string of the molecule is Cc1c(Cl)cccc1S(=O)(=O)N1CCC(Oc2nc3ccc(F)cc3s2)CC1. The summed E-state index contributed by atoms with van der Waals surface area (Å²) in [5, 5.41) is 0.916. The summed E-state index contributed by atoms with van der Waals surface area (Å²) in [7, 11) is -3.60. The minimum absolute atomic E-state index is 0.127. The molecule has 0 saturated carbocycles. The number of halogens is 2. The minimum Gasteiger partial charge on any atom is -0.467 e. The molecule has 0 radical (unpaired) electrons. The van der Waals surface area contributed by atoms with Crippen LogP contribution >= 0.6 is 22.9 Å². The third kappa shape index (κ3) is 3.74. The molecule has 0 amide bonds. The fourth-order valence-electron chi connectivity index (χ4n) is 3.27. The van der Waals surface area contributed by atoms with Crippen molar-refractivity contribution in [1.82, 2.24) is 9.29 Å². The molecule has 1 fully saturated rings. The average molecular weight is 441 g/mol. The van der Waals surface area contributed by atoms with Crippen LogP contribution in [0.1, 0.15) is 18.4 Å². The number of piperidine rings is 1. The van der Waals surface area contributed by atoms with Gasteiger partial charge in [0.1, 0.15) is 11.9 Å². The van der Waals surface area contributed by atoms with Crippen LogP contribution in [0.3, 0.4) is 0 Å². The van der Waals surface area contributed by atoms with Gasteiger partial charge in [0.25, 0.3) is 5.19 Å². The van der Waals surface area contributed by atoms with E-state index in [4.69, 9.17) is 16.3 Å². The minimum atomic E-state index is -3.60. The normalized spacial score (nSPS) is 16.5. The van der Waals surface area contributed by atoms with Crippen molar-refractivity contribution in [2.45, 2.75) is 30.8 Å². The molecule has 0 atom stereocenters. The summed E-state index contributed by atoms with van der Waals surface area (Å²) in [6, 6.07) is 9.33. The van der Waals surface area contributed by atoms with E-state index >= 15 is 0 Å². The molecule has 0 N–H and O–H groups in total. The number of sulfonamides is 1. The third-order valence-electron chi connectivity index (χ3n) is 4.84. The number of thiazole rings is 1. The molecule has 148 valence electrons. The Morgan fingerprint density at radius 2 is 2.00 bits per heavy atom. The molecule has 5 nitrogen and oxygen atoms in total. The number of benzene rings is 2. The maximum atomic E-state index is 13.3. The Labute approximate surface area is 171 Å². The molecule has 1 aromatic heterocycles. The summed E-state index contributed by atoms with van der Waals surface area (Å²) in [6.45, 7) is 2.43. The summed E-state index contributed by atoms with van der Waals surface area (Å²) in [4.78, 5) is 4.61. The van der Waals surface area contributed by atoms with Gasteiger partial charge in [0.15, 0.2) is 0 Å². The monoisotopic (exact) mass is 440 g/mol. The van der Waals surface area contributed by atoms with Crippen molar-refractivity contribution in [3.8, 4) is 5.19 Å². The largest absolute Gasteiger partial charge is 0.467 e. The first-order valence-corrected chi connectivity index (χ1v) is 11.5. The van der Waals surface area contributed by atoms with Gasteiger partial charge in [-0.2, -0.15) is 4.31 Å². The average Bonchev–Trinajstić information content (AvgIpc) is 3.05. The number of hydrogen-bond donors (Lipinski definition) is 0. The number of rotatable bonds is 4. The zero-order valence-corrected chi connectivity index (χ0v) is 17.5. The second kappa shape index (κ2) is 7.59. The van der Waals surface area contributed by atoms with Crippen LogP contribution in [0.15, 0.2) is 41.3 Å². The summed E-state index contributed by atoms with van der Waals surface area (Å²) >= 11 is 7.38. The van der Waals surface area contributed by atoms with E-state index in [0.29, 0.717) is 47.2 Å². The predicted octanol–water partition coefficient (Wildman–Crippen LogP) is 4.63. The molecule has 1 saturated heterocycles. The van der Waals surface area contributed by atoms with E-state index in [2.05, 4.69) is 4.98 Å². The maximum absolute atomic E-state index is 13.3. The van der Waals surface area contributed by atoms with Crippen LogP contribution in [0.5, 0.6) is 5.19 Å². The first kappa shape index (κ1) is 19.6. The predicted molar refractivity (Wildman–Crippen MR) is 108 cm³/mol. The smallest absolute Gasteiger partial charge is 0.274 e. The van der Waals surface area contributed by atoms with Gasteiger partial charge in [-0.25, -0.2) is 17.8 Å². The van der Waals surface area contributed by atoms with Gasteiger partial charge >= 0.3 is 0 Å². The van der Waals surface area contributed by atoms with E-state index in [-0.39, 0.29) is 16.8 Å². The summed E-state index contributed by atoms with van der Waals surface area (Å²) in [5.74, 6) is -0.308. The molecule has 1 aliphatic rings. The molecule has 28 heavy (non-hydrogen) atoms. The topological polar surface area (TPSA) is 59.5 Å². The standard InChI is InChI=1S/C19H18ClFN2O3S2/c1-12-15(20)3-2-4-18(12)28(24,25)23-9-7-14(8-10-23)26-19-22-16-6-5-13(21)11-17(16)27-19/h2-6,11,14H,7-10H2,1H3. The van der Waals surface area contributed by atoms with Crippen molar-refractivity contribution >= 4 is 43.2 Å². The first-order valence-electron chi connectivity index (χ1n) is 8.82. The van der Waals surface area contributed by atoms with E-state index in [1.807, 2.05) is 0 Å². The van der Waals surface area contributed by atoms with Gasteiger partial charge in [0, 0.05) is 18.1 Å². The molecule has 0 bridgehead atoms. The summed E-state index contributed by atoms with van der Waals surface area (Å²) in [6.07, 6.45) is 0.990. The number of aromatic nitrogens is 1. The van der Waals surface area contributed by atoms with Crippen LogP contribution in [-0.2, 0) is 10.0 Å². The van der Waals surface area contributed by atoms with Crippen LogP contribution in [0.2, 0.25) is 5.02 Å².